The standard InChI is InChI=1S/C9H10O3.C7H14O2/c1-2-12-9(11)7-5-3-4-6-8(7)10;1-3-5-6-7(8)9-4-2/h3-6,10H,2H2,1H3;3-6H2,1-2H3. The van der Waals surface area contributed by atoms with Crippen LogP contribution < -0.4 is 0 Å². The van der Waals surface area contributed by atoms with Crippen molar-refractivity contribution in [1.82, 2.24) is 0 Å². The van der Waals surface area contributed by atoms with Crippen LogP contribution in [0.2, 0.25) is 0 Å². The Labute approximate surface area is 125 Å². The van der Waals surface area contributed by atoms with Gasteiger partial charge in [0.25, 0.3) is 0 Å². The lowest BCUT2D eigenvalue weighted by Gasteiger charge is -2.02. The average Bonchev–Trinajstić information content (AvgIpc) is 2.47. The normalized spacial score (nSPS) is 9.29. The van der Waals surface area contributed by atoms with Gasteiger partial charge in [-0.3, -0.25) is 4.79 Å². The van der Waals surface area contributed by atoms with Crippen LogP contribution in [-0.4, -0.2) is 30.3 Å². The first kappa shape index (κ1) is 19.0. The van der Waals surface area contributed by atoms with Crippen molar-refractivity contribution in [3.05, 3.63) is 29.8 Å². The molecule has 118 valence electrons. The number of phenolic OH excluding ortho intramolecular Hbond substituents is 1. The van der Waals surface area contributed by atoms with Gasteiger partial charge in [-0.15, -0.1) is 0 Å². The molecule has 1 aromatic carbocycles. The van der Waals surface area contributed by atoms with Crippen LogP contribution in [0.3, 0.4) is 0 Å². The second-order valence-corrected chi connectivity index (χ2v) is 4.15. The number of hydrogen-bond acceptors (Lipinski definition) is 5. The molecule has 0 aliphatic carbocycles. The highest BCUT2D eigenvalue weighted by molar-refractivity contribution is 5.92. The largest absolute Gasteiger partial charge is 0.507 e. The van der Waals surface area contributed by atoms with Crippen molar-refractivity contribution < 1.29 is 24.2 Å². The number of carbonyl (C=O) groups is 2. The van der Waals surface area contributed by atoms with E-state index in [0.717, 1.165) is 12.8 Å². The molecule has 1 aromatic rings. The molecule has 0 saturated heterocycles. The van der Waals surface area contributed by atoms with Gasteiger partial charge in [-0.05, 0) is 32.4 Å². The Balaban J connectivity index is 0.000000400. The van der Waals surface area contributed by atoms with E-state index in [4.69, 9.17) is 9.47 Å². The summed E-state index contributed by atoms with van der Waals surface area (Å²) in [6, 6.07) is 6.30. The minimum absolute atomic E-state index is 0.0454. The van der Waals surface area contributed by atoms with Crippen LogP contribution in [0.15, 0.2) is 24.3 Å². The number of unbranched alkanes of at least 4 members (excludes halogenated alkanes) is 1. The maximum atomic E-state index is 11.1. The van der Waals surface area contributed by atoms with Gasteiger partial charge in [0, 0.05) is 6.42 Å². The molecule has 0 saturated carbocycles. The average molecular weight is 296 g/mol. The summed E-state index contributed by atoms with van der Waals surface area (Å²) in [5.41, 5.74) is 0.208. The lowest BCUT2D eigenvalue weighted by Crippen LogP contribution is -2.04. The van der Waals surface area contributed by atoms with E-state index < -0.39 is 5.97 Å². The fourth-order valence-corrected chi connectivity index (χ4v) is 1.41. The van der Waals surface area contributed by atoms with Gasteiger partial charge in [0.2, 0.25) is 0 Å². The number of carbonyl (C=O) groups excluding carboxylic acids is 2. The van der Waals surface area contributed by atoms with E-state index in [1.165, 1.54) is 12.1 Å². The predicted molar refractivity (Wildman–Crippen MR) is 80.2 cm³/mol. The highest BCUT2D eigenvalue weighted by atomic mass is 16.5. The van der Waals surface area contributed by atoms with E-state index in [9.17, 15) is 14.7 Å². The molecule has 21 heavy (non-hydrogen) atoms. The molecule has 5 heteroatoms. The number of rotatable bonds is 6. The van der Waals surface area contributed by atoms with Gasteiger partial charge < -0.3 is 14.6 Å². The summed E-state index contributed by atoms with van der Waals surface area (Å²) in [5.74, 6) is -0.606. The molecule has 0 aromatic heterocycles. The third-order valence-electron chi connectivity index (χ3n) is 2.44. The number of esters is 2. The molecule has 0 spiro atoms. The highest BCUT2D eigenvalue weighted by Gasteiger charge is 2.09. The zero-order chi connectivity index (χ0) is 16.1. The van der Waals surface area contributed by atoms with E-state index in [1.54, 1.807) is 19.1 Å². The minimum atomic E-state index is -0.490. The number of para-hydroxylation sites is 1. The lowest BCUT2D eigenvalue weighted by molar-refractivity contribution is -0.143. The molecule has 0 aliphatic rings. The van der Waals surface area contributed by atoms with Gasteiger partial charge >= 0.3 is 11.9 Å². The van der Waals surface area contributed by atoms with Gasteiger partial charge in [-0.2, -0.15) is 0 Å². The van der Waals surface area contributed by atoms with Gasteiger partial charge in [-0.1, -0.05) is 25.5 Å². The van der Waals surface area contributed by atoms with Crippen molar-refractivity contribution in [2.75, 3.05) is 13.2 Å². The third kappa shape index (κ3) is 8.68. The number of aromatic hydroxyl groups is 1. The SMILES string of the molecule is CCCCC(=O)OCC.CCOC(=O)c1ccccc1O. The first-order valence-electron chi connectivity index (χ1n) is 7.17. The van der Waals surface area contributed by atoms with Crippen LogP contribution in [0.4, 0.5) is 0 Å². The Bertz CT molecular complexity index is 428. The Hall–Kier alpha value is -2.04. The van der Waals surface area contributed by atoms with E-state index in [0.29, 0.717) is 19.6 Å². The van der Waals surface area contributed by atoms with Gasteiger partial charge in [0.05, 0.1) is 13.2 Å². The van der Waals surface area contributed by atoms with Crippen molar-refractivity contribution in [3.8, 4) is 5.75 Å². The molecular formula is C16H24O5. The summed E-state index contributed by atoms with van der Waals surface area (Å²) in [6.07, 6.45) is 2.57. The highest BCUT2D eigenvalue weighted by Crippen LogP contribution is 2.16. The first-order valence-corrected chi connectivity index (χ1v) is 7.17. The second-order valence-electron chi connectivity index (χ2n) is 4.15. The Kier molecular flexibility index (Phi) is 10.6. The van der Waals surface area contributed by atoms with E-state index >= 15 is 0 Å². The van der Waals surface area contributed by atoms with Gasteiger partial charge in [-0.25, -0.2) is 4.79 Å². The van der Waals surface area contributed by atoms with Crippen molar-refractivity contribution >= 4 is 11.9 Å². The van der Waals surface area contributed by atoms with Crippen LogP contribution >= 0.6 is 0 Å². The van der Waals surface area contributed by atoms with Crippen molar-refractivity contribution in [3.63, 3.8) is 0 Å². The maximum absolute atomic E-state index is 11.1. The van der Waals surface area contributed by atoms with Crippen molar-refractivity contribution in [2.24, 2.45) is 0 Å². The second kappa shape index (κ2) is 11.8. The third-order valence-corrected chi connectivity index (χ3v) is 2.44. The van der Waals surface area contributed by atoms with Crippen molar-refractivity contribution in [2.45, 2.75) is 40.0 Å². The number of phenols is 1. The van der Waals surface area contributed by atoms with Crippen LogP contribution in [0.1, 0.15) is 50.4 Å². The summed E-state index contributed by atoms with van der Waals surface area (Å²) in [6.45, 7) is 6.41. The summed E-state index contributed by atoms with van der Waals surface area (Å²) in [7, 11) is 0. The van der Waals surface area contributed by atoms with Crippen molar-refractivity contribution in [1.29, 1.82) is 0 Å². The lowest BCUT2D eigenvalue weighted by atomic mass is 10.2. The summed E-state index contributed by atoms with van der Waals surface area (Å²) >= 11 is 0. The Morgan fingerprint density at radius 1 is 1.05 bits per heavy atom. The summed E-state index contributed by atoms with van der Waals surface area (Å²) in [5, 5.41) is 9.21. The fraction of sp³-hybridized carbons (Fsp3) is 0.500. The molecule has 0 bridgehead atoms. The van der Waals surface area contributed by atoms with E-state index in [1.807, 2.05) is 6.92 Å². The fourth-order valence-electron chi connectivity index (χ4n) is 1.41. The molecule has 0 amide bonds. The molecule has 0 unspecified atom stereocenters. The number of benzene rings is 1. The van der Waals surface area contributed by atoms with Crippen LogP contribution in [0, 0.1) is 0 Å². The zero-order valence-corrected chi connectivity index (χ0v) is 12.9. The summed E-state index contributed by atoms with van der Waals surface area (Å²) in [4.78, 5) is 21.7. The monoisotopic (exact) mass is 296 g/mol. The number of ether oxygens (including phenoxy) is 2. The van der Waals surface area contributed by atoms with E-state index in [2.05, 4.69) is 6.92 Å². The molecule has 0 aliphatic heterocycles. The van der Waals surface area contributed by atoms with Gasteiger partial charge in [0.1, 0.15) is 11.3 Å². The topological polar surface area (TPSA) is 72.8 Å². The molecule has 0 heterocycles. The maximum Gasteiger partial charge on any atom is 0.341 e. The van der Waals surface area contributed by atoms with E-state index in [-0.39, 0.29) is 17.3 Å². The molecular weight excluding hydrogens is 272 g/mol. The molecule has 0 radical (unpaired) electrons. The smallest absolute Gasteiger partial charge is 0.341 e. The molecule has 5 nitrogen and oxygen atoms in total. The van der Waals surface area contributed by atoms with Crippen LogP contribution in [-0.2, 0) is 14.3 Å². The zero-order valence-electron chi connectivity index (χ0n) is 12.9. The molecule has 0 fully saturated rings. The Morgan fingerprint density at radius 3 is 2.19 bits per heavy atom. The molecule has 0 atom stereocenters. The molecule has 1 N–H and O–H groups in total. The summed E-state index contributed by atoms with van der Waals surface area (Å²) < 4.78 is 9.41. The van der Waals surface area contributed by atoms with Crippen LogP contribution in [0.5, 0.6) is 5.75 Å². The predicted octanol–water partition coefficient (Wildman–Crippen LogP) is 3.31. The Morgan fingerprint density at radius 2 is 1.67 bits per heavy atom. The first-order chi connectivity index (χ1) is 10.1. The minimum Gasteiger partial charge on any atom is -0.507 e. The quantitative estimate of drug-likeness (QED) is 0.815. The molecule has 1 rings (SSSR count). The van der Waals surface area contributed by atoms with Crippen LogP contribution in [0.25, 0.3) is 0 Å². The number of hydrogen-bond donors (Lipinski definition) is 1. The van der Waals surface area contributed by atoms with Gasteiger partial charge in [0.15, 0.2) is 0 Å².